The van der Waals surface area contributed by atoms with Crippen molar-refractivity contribution in [3.63, 3.8) is 0 Å². The molecule has 2 aromatic heterocycles. The maximum Gasteiger partial charge on any atom is 0.257 e. The number of carbonyl (C=O) groups is 1. The first-order valence-corrected chi connectivity index (χ1v) is 9.19. The average Bonchev–Trinajstić information content (AvgIpc) is 3.13. The van der Waals surface area contributed by atoms with E-state index >= 15 is 0 Å². The van der Waals surface area contributed by atoms with Crippen LogP contribution >= 0.6 is 0 Å². The lowest BCUT2D eigenvalue weighted by Gasteiger charge is -2.31. The molecule has 0 spiro atoms. The number of amides is 1. The van der Waals surface area contributed by atoms with Crippen molar-refractivity contribution in [2.75, 3.05) is 6.54 Å². The highest BCUT2D eigenvalue weighted by atomic mass is 16.5. The van der Waals surface area contributed by atoms with Gasteiger partial charge in [0.25, 0.3) is 11.6 Å². The molecule has 0 saturated carbocycles. The van der Waals surface area contributed by atoms with Crippen molar-refractivity contribution in [3.05, 3.63) is 95.3 Å². The van der Waals surface area contributed by atoms with E-state index < -0.39 is 0 Å². The zero-order valence-corrected chi connectivity index (χ0v) is 15.8. The van der Waals surface area contributed by atoms with E-state index in [9.17, 15) is 4.79 Å². The summed E-state index contributed by atoms with van der Waals surface area (Å²) in [6.45, 7) is 4.43. The van der Waals surface area contributed by atoms with Crippen LogP contribution in [0.5, 0.6) is 0 Å². The van der Waals surface area contributed by atoms with Crippen LogP contribution in [0.4, 0.5) is 0 Å². The monoisotopic (exact) mass is 371 g/mol. The van der Waals surface area contributed by atoms with E-state index in [1.807, 2.05) is 43.3 Å². The smallest absolute Gasteiger partial charge is 0.257 e. The molecule has 0 saturated heterocycles. The number of nitrogens with zero attached hydrogens (tertiary/aromatic N) is 2. The Hall–Kier alpha value is -3.47. The van der Waals surface area contributed by atoms with E-state index in [1.165, 1.54) is 6.20 Å². The van der Waals surface area contributed by atoms with E-state index in [0.717, 1.165) is 22.2 Å². The first-order valence-electron chi connectivity index (χ1n) is 9.19. The van der Waals surface area contributed by atoms with Gasteiger partial charge in [-0.3, -0.25) is 4.79 Å². The van der Waals surface area contributed by atoms with E-state index in [2.05, 4.69) is 46.6 Å². The molecule has 1 N–H and O–H groups in total. The van der Waals surface area contributed by atoms with Gasteiger partial charge in [0.2, 0.25) is 0 Å². The highest BCUT2D eigenvalue weighted by Crippen LogP contribution is 2.31. The Morgan fingerprint density at radius 1 is 1.04 bits per heavy atom. The third-order valence-corrected chi connectivity index (χ3v) is 5.20. The molecule has 0 aliphatic heterocycles. The van der Waals surface area contributed by atoms with Gasteiger partial charge in [-0.15, -0.1) is 0 Å². The fourth-order valence-corrected chi connectivity index (χ4v) is 3.41. The average molecular weight is 371 g/mol. The second-order valence-electron chi connectivity index (χ2n) is 7.09. The number of hydrogen-bond acceptors (Lipinski definition) is 4. The molecule has 2 aromatic carbocycles. The summed E-state index contributed by atoms with van der Waals surface area (Å²) in [5.41, 5.74) is 3.57. The summed E-state index contributed by atoms with van der Waals surface area (Å²) in [5.74, 6) is -0.173. The number of pyridine rings is 1. The zero-order chi connectivity index (χ0) is 19.6. The minimum Gasteiger partial charge on any atom is -0.351 e. The van der Waals surface area contributed by atoms with Gasteiger partial charge < -0.3 is 9.84 Å². The first-order chi connectivity index (χ1) is 13.6. The van der Waals surface area contributed by atoms with Gasteiger partial charge in [-0.25, -0.2) is 4.98 Å². The molecule has 0 atom stereocenters. The Bertz CT molecular complexity index is 1070. The topological polar surface area (TPSA) is 68.0 Å². The number of carbonyl (C=O) groups excluding carboxylic acids is 1. The van der Waals surface area contributed by atoms with Crippen LogP contribution < -0.4 is 5.32 Å². The Morgan fingerprint density at radius 3 is 2.25 bits per heavy atom. The van der Waals surface area contributed by atoms with E-state index in [4.69, 9.17) is 4.52 Å². The largest absolute Gasteiger partial charge is 0.351 e. The molecular formula is C23H21N3O2. The SMILES string of the molecule is Cc1noc2ncc(C(=O)NCC(C)(c3ccccc3)c3ccccc3)cc12. The Kier molecular flexibility index (Phi) is 4.65. The summed E-state index contributed by atoms with van der Waals surface area (Å²) < 4.78 is 5.12. The second kappa shape index (κ2) is 7.27. The molecule has 2 heterocycles. The van der Waals surface area contributed by atoms with Crippen molar-refractivity contribution in [2.24, 2.45) is 0 Å². The molecule has 140 valence electrons. The van der Waals surface area contributed by atoms with Crippen LogP contribution in [0, 0.1) is 6.92 Å². The number of rotatable bonds is 5. The summed E-state index contributed by atoms with van der Waals surface area (Å²) in [6, 6.07) is 22.2. The second-order valence-corrected chi connectivity index (χ2v) is 7.09. The Labute approximate surface area is 163 Å². The van der Waals surface area contributed by atoms with Gasteiger partial charge in [0.15, 0.2) is 0 Å². The molecule has 0 aliphatic carbocycles. The summed E-state index contributed by atoms with van der Waals surface area (Å²) in [4.78, 5) is 17.0. The van der Waals surface area contributed by atoms with Crippen LogP contribution in [0.15, 0.2) is 77.4 Å². The maximum absolute atomic E-state index is 12.8. The van der Waals surface area contributed by atoms with Gasteiger partial charge in [-0.2, -0.15) is 0 Å². The van der Waals surface area contributed by atoms with Crippen LogP contribution in [-0.2, 0) is 5.41 Å². The van der Waals surface area contributed by atoms with Gasteiger partial charge >= 0.3 is 0 Å². The predicted molar refractivity (Wildman–Crippen MR) is 108 cm³/mol. The van der Waals surface area contributed by atoms with Crippen LogP contribution in [0.3, 0.4) is 0 Å². The van der Waals surface area contributed by atoms with Crippen molar-refractivity contribution < 1.29 is 9.32 Å². The minimum atomic E-state index is -0.358. The quantitative estimate of drug-likeness (QED) is 0.569. The van der Waals surface area contributed by atoms with Crippen LogP contribution in [-0.4, -0.2) is 22.6 Å². The number of benzene rings is 2. The molecular weight excluding hydrogens is 350 g/mol. The number of aromatic nitrogens is 2. The van der Waals surface area contributed by atoms with Crippen LogP contribution in [0.25, 0.3) is 11.1 Å². The molecule has 4 rings (SSSR count). The fourth-order valence-electron chi connectivity index (χ4n) is 3.41. The van der Waals surface area contributed by atoms with Crippen LogP contribution in [0.1, 0.15) is 34.1 Å². The summed E-state index contributed by atoms with van der Waals surface area (Å²) in [7, 11) is 0. The molecule has 5 heteroatoms. The fraction of sp³-hybridized carbons (Fsp3) is 0.174. The summed E-state index contributed by atoms with van der Waals surface area (Å²) in [5, 5.41) is 7.73. The lowest BCUT2D eigenvalue weighted by atomic mass is 9.76. The maximum atomic E-state index is 12.8. The van der Waals surface area contributed by atoms with E-state index in [-0.39, 0.29) is 11.3 Å². The molecule has 0 aliphatic rings. The third kappa shape index (κ3) is 3.27. The molecule has 0 fully saturated rings. The van der Waals surface area contributed by atoms with Gasteiger partial charge in [0, 0.05) is 18.2 Å². The lowest BCUT2D eigenvalue weighted by molar-refractivity contribution is 0.0947. The molecule has 0 unspecified atom stereocenters. The number of hydrogen-bond donors (Lipinski definition) is 1. The van der Waals surface area contributed by atoms with Crippen LogP contribution in [0.2, 0.25) is 0 Å². The molecule has 28 heavy (non-hydrogen) atoms. The van der Waals surface area contributed by atoms with Gasteiger partial charge in [0.1, 0.15) is 0 Å². The zero-order valence-electron chi connectivity index (χ0n) is 15.8. The Balaban J connectivity index is 1.62. The summed E-state index contributed by atoms with van der Waals surface area (Å²) in [6.07, 6.45) is 1.52. The molecule has 4 aromatic rings. The standard InChI is InChI=1S/C23H21N3O2/c1-16-20-13-17(14-24-22(20)28-26-16)21(27)25-15-23(2,18-9-5-3-6-10-18)19-11-7-4-8-12-19/h3-14H,15H2,1-2H3,(H,25,27). The van der Waals surface area contributed by atoms with Gasteiger partial charge in [0.05, 0.1) is 16.6 Å². The van der Waals surface area contributed by atoms with Crippen molar-refractivity contribution >= 4 is 17.0 Å². The Morgan fingerprint density at radius 2 is 1.64 bits per heavy atom. The van der Waals surface area contributed by atoms with Crippen molar-refractivity contribution in [2.45, 2.75) is 19.3 Å². The third-order valence-electron chi connectivity index (χ3n) is 5.20. The molecule has 1 amide bonds. The number of fused-ring (bicyclic) bond motifs is 1. The van der Waals surface area contributed by atoms with Crippen molar-refractivity contribution in [3.8, 4) is 0 Å². The molecule has 0 bridgehead atoms. The number of nitrogens with one attached hydrogen (secondary N) is 1. The predicted octanol–water partition coefficient (Wildman–Crippen LogP) is 4.27. The van der Waals surface area contributed by atoms with Gasteiger partial charge in [-0.05, 0) is 31.0 Å². The van der Waals surface area contributed by atoms with E-state index in [1.54, 1.807) is 6.07 Å². The van der Waals surface area contributed by atoms with Gasteiger partial charge in [-0.1, -0.05) is 65.8 Å². The van der Waals surface area contributed by atoms with Crippen molar-refractivity contribution in [1.82, 2.24) is 15.5 Å². The summed E-state index contributed by atoms with van der Waals surface area (Å²) >= 11 is 0. The lowest BCUT2D eigenvalue weighted by Crippen LogP contribution is -2.39. The normalized spacial score (nSPS) is 11.5. The minimum absolute atomic E-state index is 0.173. The van der Waals surface area contributed by atoms with Crippen molar-refractivity contribution in [1.29, 1.82) is 0 Å². The molecule has 0 radical (unpaired) electrons. The molecule has 5 nitrogen and oxygen atoms in total. The highest BCUT2D eigenvalue weighted by Gasteiger charge is 2.29. The highest BCUT2D eigenvalue weighted by molar-refractivity contribution is 5.97. The number of aryl methyl sites for hydroxylation is 1. The first kappa shape index (κ1) is 17.9. The van der Waals surface area contributed by atoms with E-state index in [0.29, 0.717) is 17.8 Å².